The van der Waals surface area contributed by atoms with E-state index in [1.807, 2.05) is 0 Å². The molecule has 0 atom stereocenters. The monoisotopic (exact) mass is 532 g/mol. The molecule has 5 heteroatoms. The van der Waals surface area contributed by atoms with Gasteiger partial charge in [0, 0.05) is 32.6 Å². The Morgan fingerprint density at radius 1 is 0.512 bits per heavy atom. The van der Waals surface area contributed by atoms with Gasteiger partial charge in [0.2, 0.25) is 0 Å². The van der Waals surface area contributed by atoms with Gasteiger partial charge >= 0.3 is 7.12 Å². The predicted molar refractivity (Wildman–Crippen MR) is 171 cm³/mol. The molecule has 0 bridgehead atoms. The van der Waals surface area contributed by atoms with Gasteiger partial charge < -0.3 is 18.3 Å². The van der Waals surface area contributed by atoms with E-state index in [2.05, 4.69) is 140 Å². The van der Waals surface area contributed by atoms with Crippen LogP contribution in [0.1, 0.15) is 27.7 Å². The highest BCUT2D eigenvalue weighted by Crippen LogP contribution is 2.44. The fourth-order valence-corrected chi connectivity index (χ4v) is 7.11. The van der Waals surface area contributed by atoms with E-state index >= 15 is 0 Å². The molecule has 3 aromatic heterocycles. The van der Waals surface area contributed by atoms with Crippen LogP contribution in [-0.4, -0.2) is 27.3 Å². The normalized spacial score (nSPS) is 16.9. The van der Waals surface area contributed by atoms with Gasteiger partial charge in [0.25, 0.3) is 0 Å². The smallest absolute Gasteiger partial charge is 0.399 e. The lowest BCUT2D eigenvalue weighted by atomic mass is 9.75. The van der Waals surface area contributed by atoms with Crippen molar-refractivity contribution in [3.8, 4) is 5.69 Å². The summed E-state index contributed by atoms with van der Waals surface area (Å²) < 4.78 is 18.3. The maximum absolute atomic E-state index is 6.70. The molecule has 0 spiro atoms. The lowest BCUT2D eigenvalue weighted by molar-refractivity contribution is 0.00578. The number of benzene rings is 5. The van der Waals surface area contributed by atoms with Crippen molar-refractivity contribution in [2.75, 3.05) is 0 Å². The molecule has 8 aromatic rings. The third-order valence-corrected chi connectivity index (χ3v) is 9.70. The zero-order valence-electron chi connectivity index (χ0n) is 23.6. The Morgan fingerprint density at radius 2 is 1.12 bits per heavy atom. The first-order valence-corrected chi connectivity index (χ1v) is 14.4. The van der Waals surface area contributed by atoms with Crippen LogP contribution >= 0.6 is 0 Å². The quantitative estimate of drug-likeness (QED) is 0.210. The van der Waals surface area contributed by atoms with Crippen LogP contribution in [0.2, 0.25) is 0 Å². The van der Waals surface area contributed by atoms with Gasteiger partial charge in [0.15, 0.2) is 0 Å². The second-order valence-corrected chi connectivity index (χ2v) is 12.4. The molecule has 0 N–H and O–H groups in total. The predicted octanol–water partition coefficient (Wildman–Crippen LogP) is 8.23. The number of rotatable bonds is 2. The topological polar surface area (TPSA) is 27.8 Å². The molecule has 198 valence electrons. The molecule has 0 aliphatic carbocycles. The molecule has 4 nitrogen and oxygen atoms in total. The number of para-hydroxylation sites is 2. The lowest BCUT2D eigenvalue weighted by Crippen LogP contribution is -2.41. The largest absolute Gasteiger partial charge is 0.495 e. The van der Waals surface area contributed by atoms with Gasteiger partial charge in [0.05, 0.1) is 38.8 Å². The number of fused-ring (bicyclic) bond motifs is 5. The van der Waals surface area contributed by atoms with Crippen molar-refractivity contribution in [1.82, 2.24) is 8.97 Å². The third kappa shape index (κ3) is 2.87. The Bertz CT molecular complexity index is 2310. The van der Waals surface area contributed by atoms with E-state index in [1.54, 1.807) is 0 Å². The van der Waals surface area contributed by atoms with E-state index in [-0.39, 0.29) is 0 Å². The molecule has 5 aromatic carbocycles. The van der Waals surface area contributed by atoms with E-state index in [1.165, 1.54) is 59.9 Å². The maximum Gasteiger partial charge on any atom is 0.495 e. The van der Waals surface area contributed by atoms with E-state index in [0.717, 1.165) is 11.2 Å². The minimum atomic E-state index is -0.478. The fourth-order valence-electron chi connectivity index (χ4n) is 7.11. The molecule has 4 heterocycles. The van der Waals surface area contributed by atoms with Crippen molar-refractivity contribution in [2.24, 2.45) is 0 Å². The van der Waals surface area contributed by atoms with E-state index in [0.29, 0.717) is 0 Å². The third-order valence-electron chi connectivity index (χ3n) is 9.70. The number of hydrogen-bond acceptors (Lipinski definition) is 2. The second kappa shape index (κ2) is 7.70. The lowest BCUT2D eigenvalue weighted by Gasteiger charge is -2.32. The van der Waals surface area contributed by atoms with Crippen molar-refractivity contribution < 1.29 is 9.31 Å². The van der Waals surface area contributed by atoms with Gasteiger partial charge in [-0.05, 0) is 74.9 Å². The van der Waals surface area contributed by atoms with Crippen LogP contribution in [0.25, 0.3) is 65.6 Å². The molecule has 0 radical (unpaired) electrons. The van der Waals surface area contributed by atoms with Crippen LogP contribution in [0.4, 0.5) is 0 Å². The first kappa shape index (κ1) is 23.4. The highest BCUT2D eigenvalue weighted by molar-refractivity contribution is 6.66. The van der Waals surface area contributed by atoms with Crippen LogP contribution in [0, 0.1) is 0 Å². The van der Waals surface area contributed by atoms with Crippen molar-refractivity contribution >= 4 is 72.5 Å². The molecular weight excluding hydrogens is 503 g/mol. The van der Waals surface area contributed by atoms with E-state index < -0.39 is 18.3 Å². The summed E-state index contributed by atoms with van der Waals surface area (Å²) in [5.41, 5.74) is 7.37. The molecule has 1 aliphatic rings. The first-order chi connectivity index (χ1) is 19.9. The number of nitrogens with zero attached hydrogens (tertiary/aromatic N) is 2. The highest BCUT2D eigenvalue weighted by Gasteiger charge is 2.52. The molecule has 1 saturated heterocycles. The van der Waals surface area contributed by atoms with Crippen LogP contribution in [0.15, 0.2) is 103 Å². The van der Waals surface area contributed by atoms with Gasteiger partial charge in [-0.15, -0.1) is 0 Å². The Labute approximate surface area is 238 Å². The van der Waals surface area contributed by atoms with E-state index in [9.17, 15) is 0 Å². The summed E-state index contributed by atoms with van der Waals surface area (Å²) in [5, 5.41) is 7.42. The average molecular weight is 532 g/mol. The van der Waals surface area contributed by atoms with Gasteiger partial charge in [0.1, 0.15) is 0 Å². The number of hydrogen-bond donors (Lipinski definition) is 0. The van der Waals surface area contributed by atoms with Gasteiger partial charge in [-0.25, -0.2) is 0 Å². The SMILES string of the molecule is CC1(C)OB(c2ccc3c4ccccc4n4c5cccc6c5c5c(cccc5n6-c5ccccc5)c2c34)OC1(C)C. The standard InChI is InChI=1S/C36H29BN2O2/c1-35(2)36(3,4)41-37(40-35)26-21-20-24-23-14-8-9-16-27(23)39-30-19-11-18-29-33(30)32-25(31(26)34(24)39)15-10-17-28(32)38(29)22-12-6-5-7-13-22/h5-21H,1-4H3. The molecule has 1 fully saturated rings. The summed E-state index contributed by atoms with van der Waals surface area (Å²) in [4.78, 5) is 0. The zero-order chi connectivity index (χ0) is 27.7. The Hall–Kier alpha value is -4.32. The summed E-state index contributed by atoms with van der Waals surface area (Å²) in [7, 11) is -0.478. The Balaban J connectivity index is 1.57. The second-order valence-electron chi connectivity index (χ2n) is 12.4. The van der Waals surface area contributed by atoms with Gasteiger partial charge in [-0.1, -0.05) is 66.7 Å². The van der Waals surface area contributed by atoms with Crippen LogP contribution in [0.5, 0.6) is 0 Å². The van der Waals surface area contributed by atoms with Crippen molar-refractivity contribution in [2.45, 2.75) is 38.9 Å². The van der Waals surface area contributed by atoms with Crippen LogP contribution in [-0.2, 0) is 9.31 Å². The average Bonchev–Trinajstić information content (AvgIpc) is 3.53. The summed E-state index contributed by atoms with van der Waals surface area (Å²) >= 11 is 0. The van der Waals surface area contributed by atoms with Crippen molar-refractivity contribution in [3.05, 3.63) is 103 Å². The summed E-state index contributed by atoms with van der Waals surface area (Å²) in [6.45, 7) is 8.50. The summed E-state index contributed by atoms with van der Waals surface area (Å²) in [5.74, 6) is 0. The fraction of sp³-hybridized carbons (Fsp3) is 0.167. The molecule has 1 aliphatic heterocycles. The zero-order valence-corrected chi connectivity index (χ0v) is 23.6. The molecule has 0 amide bonds. The highest BCUT2D eigenvalue weighted by atomic mass is 16.7. The van der Waals surface area contributed by atoms with Gasteiger partial charge in [-0.3, -0.25) is 0 Å². The molecule has 41 heavy (non-hydrogen) atoms. The molecule has 9 rings (SSSR count). The van der Waals surface area contributed by atoms with Gasteiger partial charge in [-0.2, -0.15) is 0 Å². The van der Waals surface area contributed by atoms with Crippen molar-refractivity contribution in [1.29, 1.82) is 0 Å². The molecular formula is C36H29BN2O2. The minimum absolute atomic E-state index is 0.435. The Morgan fingerprint density at radius 3 is 1.90 bits per heavy atom. The van der Waals surface area contributed by atoms with Crippen LogP contribution < -0.4 is 5.46 Å². The van der Waals surface area contributed by atoms with E-state index in [4.69, 9.17) is 9.31 Å². The van der Waals surface area contributed by atoms with Crippen LogP contribution in [0.3, 0.4) is 0 Å². The maximum atomic E-state index is 6.70. The summed E-state index contributed by atoms with van der Waals surface area (Å²) in [6.07, 6.45) is 0. The molecule has 0 unspecified atom stereocenters. The minimum Gasteiger partial charge on any atom is -0.399 e. The molecule has 0 saturated carbocycles. The number of aromatic nitrogens is 2. The Kier molecular flexibility index (Phi) is 4.39. The first-order valence-electron chi connectivity index (χ1n) is 14.4. The van der Waals surface area contributed by atoms with Crippen molar-refractivity contribution in [3.63, 3.8) is 0 Å². The summed E-state index contributed by atoms with van der Waals surface area (Å²) in [6, 6.07) is 37.4.